The summed E-state index contributed by atoms with van der Waals surface area (Å²) in [5.41, 5.74) is 9.11. The van der Waals surface area contributed by atoms with Crippen molar-refractivity contribution in [1.82, 2.24) is 14.1 Å². The van der Waals surface area contributed by atoms with Gasteiger partial charge in [-0.15, -0.1) is 0 Å². The van der Waals surface area contributed by atoms with Gasteiger partial charge in [-0.3, -0.25) is 4.57 Å². The van der Waals surface area contributed by atoms with Crippen molar-refractivity contribution in [2.24, 2.45) is 0 Å². The second-order valence-electron chi connectivity index (χ2n) is 13.2. The molecule has 0 radical (unpaired) electrons. The lowest BCUT2D eigenvalue weighted by Crippen LogP contribution is -1.97. The molecule has 0 aliphatic carbocycles. The minimum atomic E-state index is 0.967. The summed E-state index contributed by atoms with van der Waals surface area (Å²) in [6, 6.07) is 61.9. The van der Waals surface area contributed by atoms with Crippen molar-refractivity contribution in [2.75, 3.05) is 0 Å². The van der Waals surface area contributed by atoms with Crippen molar-refractivity contribution < 1.29 is 0 Å². The van der Waals surface area contributed by atoms with Gasteiger partial charge in [0.25, 0.3) is 0 Å². The largest absolute Gasteiger partial charge is 0.309 e. The molecule has 11 aromatic rings. The summed E-state index contributed by atoms with van der Waals surface area (Å²) < 4.78 is 4.72. The van der Waals surface area contributed by atoms with Gasteiger partial charge in [-0.05, 0) is 98.0 Å². The third-order valence-corrected chi connectivity index (χ3v) is 10.5. The topological polar surface area (TPSA) is 22.8 Å². The van der Waals surface area contributed by atoms with Crippen LogP contribution in [0.15, 0.2) is 176 Å². The minimum absolute atomic E-state index is 0.967. The second-order valence-corrected chi connectivity index (χ2v) is 13.2. The first-order chi connectivity index (χ1) is 24.8. The van der Waals surface area contributed by atoms with E-state index in [9.17, 15) is 0 Å². The Hall–Kier alpha value is -6.71. The Bertz CT molecular complexity index is 3060. The molecular formula is C47H29N3. The molecule has 8 aromatic carbocycles. The summed E-state index contributed by atoms with van der Waals surface area (Å²) in [4.78, 5) is 4.86. The number of para-hydroxylation sites is 2. The minimum Gasteiger partial charge on any atom is -0.309 e. The molecule has 0 spiro atoms. The van der Waals surface area contributed by atoms with E-state index in [-0.39, 0.29) is 0 Å². The molecule has 3 nitrogen and oxygen atoms in total. The van der Waals surface area contributed by atoms with E-state index in [1.54, 1.807) is 0 Å². The van der Waals surface area contributed by atoms with Gasteiger partial charge in [0.1, 0.15) is 5.65 Å². The Morgan fingerprint density at radius 2 is 0.820 bits per heavy atom. The fraction of sp³-hybridized carbons (Fsp3) is 0. The highest BCUT2D eigenvalue weighted by Crippen LogP contribution is 2.40. The van der Waals surface area contributed by atoms with E-state index in [4.69, 9.17) is 4.98 Å². The van der Waals surface area contributed by atoms with E-state index in [0.717, 1.165) is 27.9 Å². The lowest BCUT2D eigenvalue weighted by Gasteiger charge is -2.13. The lowest BCUT2D eigenvalue weighted by atomic mass is 9.92. The van der Waals surface area contributed by atoms with Gasteiger partial charge in [-0.25, -0.2) is 4.98 Å². The fourth-order valence-corrected chi connectivity index (χ4v) is 8.33. The quantitative estimate of drug-likeness (QED) is 0.177. The second kappa shape index (κ2) is 10.4. The standard InChI is InChI=1S/C47H29N3/c1-2-11-32(12-3-1)49-45-28-31(30-20-23-38-36-15-5-4-13-34(36)35-14-6-7-16-37(35)43(38)27-30)21-24-40(45)41-25-22-33(29-46(41)49)50-44-19-9-8-17-39(44)42-18-10-26-48-47(42)50/h1-29H. The van der Waals surface area contributed by atoms with Crippen LogP contribution in [0, 0.1) is 0 Å². The summed E-state index contributed by atoms with van der Waals surface area (Å²) in [7, 11) is 0. The Balaban J connectivity index is 1.17. The summed E-state index contributed by atoms with van der Waals surface area (Å²) in [5, 5.41) is 12.6. The van der Waals surface area contributed by atoms with Crippen LogP contribution in [0.4, 0.5) is 0 Å². The fourth-order valence-electron chi connectivity index (χ4n) is 8.33. The highest BCUT2D eigenvalue weighted by atomic mass is 15.1. The third-order valence-electron chi connectivity index (χ3n) is 10.5. The molecule has 0 aliphatic rings. The van der Waals surface area contributed by atoms with Crippen molar-refractivity contribution in [3.05, 3.63) is 176 Å². The first kappa shape index (κ1) is 27.3. The zero-order valence-electron chi connectivity index (χ0n) is 27.1. The number of benzene rings is 8. The van der Waals surface area contributed by atoms with Gasteiger partial charge in [0, 0.05) is 39.1 Å². The Kier molecular flexibility index (Phi) is 5.67. The van der Waals surface area contributed by atoms with Crippen LogP contribution < -0.4 is 0 Å². The van der Waals surface area contributed by atoms with E-state index in [2.05, 4.69) is 173 Å². The van der Waals surface area contributed by atoms with Crippen LogP contribution >= 0.6 is 0 Å². The highest BCUT2D eigenvalue weighted by Gasteiger charge is 2.18. The summed E-state index contributed by atoms with van der Waals surface area (Å²) >= 11 is 0. The average molecular weight is 636 g/mol. The molecule has 0 saturated heterocycles. The predicted octanol–water partition coefficient (Wildman–Crippen LogP) is 12.4. The molecule has 0 atom stereocenters. The maximum atomic E-state index is 4.86. The molecule has 232 valence electrons. The van der Waals surface area contributed by atoms with Crippen LogP contribution in [0.1, 0.15) is 0 Å². The number of aromatic nitrogens is 3. The van der Waals surface area contributed by atoms with Gasteiger partial charge in [0.05, 0.1) is 16.6 Å². The van der Waals surface area contributed by atoms with Gasteiger partial charge in [-0.2, -0.15) is 0 Å². The summed E-state index contributed by atoms with van der Waals surface area (Å²) in [6.45, 7) is 0. The molecule has 0 saturated carbocycles. The molecular weight excluding hydrogens is 607 g/mol. The molecule has 50 heavy (non-hydrogen) atoms. The Morgan fingerprint density at radius 1 is 0.300 bits per heavy atom. The maximum Gasteiger partial charge on any atom is 0.145 e. The van der Waals surface area contributed by atoms with Crippen LogP contribution in [0.25, 0.3) is 98.6 Å². The van der Waals surface area contributed by atoms with Crippen LogP contribution in [0.3, 0.4) is 0 Å². The van der Waals surface area contributed by atoms with Crippen molar-refractivity contribution >= 4 is 76.1 Å². The van der Waals surface area contributed by atoms with E-state index >= 15 is 0 Å². The zero-order valence-corrected chi connectivity index (χ0v) is 27.1. The highest BCUT2D eigenvalue weighted by molar-refractivity contribution is 6.26. The van der Waals surface area contributed by atoms with Gasteiger partial charge < -0.3 is 4.57 Å². The first-order valence-electron chi connectivity index (χ1n) is 17.1. The van der Waals surface area contributed by atoms with Crippen LogP contribution in [-0.4, -0.2) is 14.1 Å². The van der Waals surface area contributed by atoms with Gasteiger partial charge in [0.2, 0.25) is 0 Å². The Labute approximate surface area is 287 Å². The smallest absolute Gasteiger partial charge is 0.145 e. The Morgan fingerprint density at radius 3 is 1.56 bits per heavy atom. The van der Waals surface area contributed by atoms with E-state index in [0.29, 0.717) is 0 Å². The van der Waals surface area contributed by atoms with Crippen LogP contribution in [0.5, 0.6) is 0 Å². The summed E-state index contributed by atoms with van der Waals surface area (Å²) in [5.74, 6) is 0. The van der Waals surface area contributed by atoms with Crippen molar-refractivity contribution in [2.45, 2.75) is 0 Å². The number of fused-ring (bicyclic) bond motifs is 12. The van der Waals surface area contributed by atoms with Gasteiger partial charge >= 0.3 is 0 Å². The van der Waals surface area contributed by atoms with E-state index in [1.165, 1.54) is 70.6 Å². The van der Waals surface area contributed by atoms with Crippen molar-refractivity contribution in [3.63, 3.8) is 0 Å². The molecule has 0 fully saturated rings. The first-order valence-corrected chi connectivity index (χ1v) is 17.1. The molecule has 0 bridgehead atoms. The van der Waals surface area contributed by atoms with E-state index in [1.807, 2.05) is 12.3 Å². The normalized spacial score (nSPS) is 12.0. The predicted molar refractivity (Wildman–Crippen MR) is 211 cm³/mol. The van der Waals surface area contributed by atoms with Gasteiger partial charge in [-0.1, -0.05) is 115 Å². The number of pyridine rings is 1. The molecule has 3 heteroatoms. The molecule has 0 unspecified atom stereocenters. The van der Waals surface area contributed by atoms with Crippen LogP contribution in [-0.2, 0) is 0 Å². The monoisotopic (exact) mass is 635 g/mol. The number of hydrogen-bond acceptors (Lipinski definition) is 1. The number of nitrogens with zero attached hydrogens (tertiary/aromatic N) is 3. The molecule has 0 aliphatic heterocycles. The number of hydrogen-bond donors (Lipinski definition) is 0. The number of rotatable bonds is 3. The van der Waals surface area contributed by atoms with Crippen molar-refractivity contribution in [3.8, 4) is 22.5 Å². The lowest BCUT2D eigenvalue weighted by molar-refractivity contribution is 1.13. The molecule has 0 amide bonds. The zero-order chi connectivity index (χ0) is 32.8. The SMILES string of the molecule is c1ccc(-n2c3cc(-c4ccc5c6ccccc6c6ccccc6c5c4)ccc3c3ccc(-n4c5ccccc5c5cccnc54)cc32)cc1. The maximum absolute atomic E-state index is 4.86. The van der Waals surface area contributed by atoms with E-state index < -0.39 is 0 Å². The molecule has 11 rings (SSSR count). The van der Waals surface area contributed by atoms with Gasteiger partial charge in [0.15, 0.2) is 0 Å². The molecule has 3 aromatic heterocycles. The molecule has 0 N–H and O–H groups in total. The summed E-state index contributed by atoms with van der Waals surface area (Å²) in [6.07, 6.45) is 1.89. The molecule has 3 heterocycles. The third kappa shape index (κ3) is 3.83. The van der Waals surface area contributed by atoms with Crippen molar-refractivity contribution in [1.29, 1.82) is 0 Å². The van der Waals surface area contributed by atoms with Crippen LogP contribution in [0.2, 0.25) is 0 Å². The average Bonchev–Trinajstić information content (AvgIpc) is 3.70.